The maximum Gasteiger partial charge on any atom is 0.161 e. The fraction of sp³-hybridized carbons (Fsp3) is 0.319. The lowest BCUT2D eigenvalue weighted by molar-refractivity contribution is -0.135. The van der Waals surface area contributed by atoms with E-state index in [1.807, 2.05) is 60.8 Å². The Kier molecular flexibility index (Phi) is 10.7. The number of allylic oxidation sites excluding steroid dienone is 1. The van der Waals surface area contributed by atoms with Gasteiger partial charge in [-0.25, -0.2) is 0 Å². The van der Waals surface area contributed by atoms with Gasteiger partial charge in [0.25, 0.3) is 0 Å². The molecule has 56 heavy (non-hydrogen) atoms. The number of ketones is 2. The standard InChI is InChI=1S/C47H47N3O6/c1-56-43-25-31-10-13-42(53)38(16-19-51)46(55)44-35(27-50-47-33(14-17-49-47)21-29-4-2-5-30(20-29)22-34(23-31)45(43)54)26-40-37(15-18-48-40)39(44)24-28-8-11-32-6-3-7-41(52)36(32)12-9-28/h2-7,9,12,14-15,17-18,20,23,25-26,28,38-39,44,49,51-52,54H,8,10-11,13,16,19,21-22,24,27H2,1H3/q-2. The van der Waals surface area contributed by atoms with E-state index in [2.05, 4.69) is 23.2 Å². The number of aliphatic hydroxyl groups excluding tert-OH is 1. The van der Waals surface area contributed by atoms with Crippen molar-refractivity contribution in [2.45, 2.75) is 57.3 Å². The average Bonchev–Trinajstić information content (AvgIpc) is 3.81. The number of nitrogens with zero attached hydrogens (tertiary/aromatic N) is 2. The zero-order valence-corrected chi connectivity index (χ0v) is 31.6. The fourth-order valence-electron chi connectivity index (χ4n) is 9.04. The van der Waals surface area contributed by atoms with E-state index in [9.17, 15) is 20.1 Å². The molecule has 3 aliphatic rings. The quantitative estimate of drug-likeness (QED) is 0.133. The van der Waals surface area contributed by atoms with E-state index < -0.39 is 11.8 Å². The molecule has 0 fully saturated rings. The number of nitrogens with one attached hydrogen (secondary N) is 1. The van der Waals surface area contributed by atoms with Crippen LogP contribution in [0.25, 0.3) is 17.5 Å². The molecular weight excluding hydrogens is 703 g/mol. The van der Waals surface area contributed by atoms with Gasteiger partial charge in [-0.2, -0.15) is 6.20 Å². The van der Waals surface area contributed by atoms with Gasteiger partial charge in [0.2, 0.25) is 0 Å². The van der Waals surface area contributed by atoms with Crippen molar-refractivity contribution in [2.75, 3.05) is 20.3 Å². The van der Waals surface area contributed by atoms with Crippen molar-refractivity contribution in [1.29, 1.82) is 0 Å². The third-order valence-electron chi connectivity index (χ3n) is 11.9. The predicted molar refractivity (Wildman–Crippen MR) is 216 cm³/mol. The Balaban J connectivity index is 1.19. The Hall–Kier alpha value is -5.80. The number of H-pyrrole nitrogens is 1. The van der Waals surface area contributed by atoms with Crippen molar-refractivity contribution in [1.82, 2.24) is 9.97 Å². The summed E-state index contributed by atoms with van der Waals surface area (Å²) in [7, 11) is 1.51. The van der Waals surface area contributed by atoms with E-state index in [0.29, 0.717) is 37.0 Å². The van der Waals surface area contributed by atoms with Crippen LogP contribution < -0.4 is 9.72 Å². The molecule has 9 nitrogen and oxygen atoms in total. The van der Waals surface area contributed by atoms with Crippen LogP contribution in [0, 0.1) is 17.8 Å². The van der Waals surface area contributed by atoms with E-state index in [1.54, 1.807) is 18.3 Å². The fourth-order valence-corrected chi connectivity index (χ4v) is 9.04. The first-order valence-electron chi connectivity index (χ1n) is 19.6. The Bertz CT molecular complexity index is 2310. The number of rotatable bonds is 5. The second kappa shape index (κ2) is 16.1. The van der Waals surface area contributed by atoms with E-state index in [1.165, 1.54) is 7.11 Å². The highest BCUT2D eigenvalue weighted by atomic mass is 16.5. The summed E-state index contributed by atoms with van der Waals surface area (Å²) in [5, 5.41) is 37.1. The molecule has 0 amide bonds. The first kappa shape index (κ1) is 37.1. The number of aliphatic hydroxyl groups is 1. The number of carbonyl (C=O) groups excluding carboxylic acids is 2. The molecule has 288 valence electrons. The number of Topliss-reactive ketones (excluding diaryl/α,β-unsaturated/α-hetero) is 2. The second-order valence-electron chi connectivity index (χ2n) is 15.4. The van der Waals surface area contributed by atoms with Crippen LogP contribution in [0.3, 0.4) is 0 Å². The smallest absolute Gasteiger partial charge is 0.161 e. The molecule has 5 aromatic rings. The minimum Gasteiger partial charge on any atom is -0.664 e. The molecule has 4 bridgehead atoms. The summed E-state index contributed by atoms with van der Waals surface area (Å²) in [4.78, 5) is 37.5. The Labute approximate surface area is 327 Å². The minimum absolute atomic E-state index is 0.0237. The van der Waals surface area contributed by atoms with Crippen molar-refractivity contribution < 1.29 is 29.6 Å². The van der Waals surface area contributed by atoms with Crippen molar-refractivity contribution in [3.8, 4) is 17.2 Å². The van der Waals surface area contributed by atoms with Crippen molar-refractivity contribution in [3.05, 3.63) is 146 Å². The Morgan fingerprint density at radius 2 is 1.71 bits per heavy atom. The summed E-state index contributed by atoms with van der Waals surface area (Å²) in [6, 6.07) is 21.6. The van der Waals surface area contributed by atoms with Gasteiger partial charge in [0.1, 0.15) is 11.5 Å². The highest BCUT2D eigenvalue weighted by Gasteiger charge is 2.41. The SMILES string of the molecule is COc1cc2cc(c1O)Cc1cccc(c1)Cc1cc[nH]c1[N-]CC1=Cc3[n-]ccc3C(CC3C=Cc4c(O)cccc4CC3)C1C(=O)C(CCO)C(=O)CC2. The molecule has 3 aromatic carbocycles. The first-order valence-corrected chi connectivity index (χ1v) is 19.6. The molecule has 1 aliphatic heterocycles. The second-order valence-corrected chi connectivity index (χ2v) is 15.4. The third-order valence-corrected chi connectivity index (χ3v) is 11.9. The molecule has 8 rings (SSSR count). The normalized spacial score (nSPS) is 21.1. The van der Waals surface area contributed by atoms with Crippen LogP contribution >= 0.6 is 0 Å². The number of methoxy groups -OCH3 is 1. The maximum absolute atomic E-state index is 15.2. The Morgan fingerprint density at radius 1 is 0.893 bits per heavy atom. The lowest BCUT2D eigenvalue weighted by atomic mass is 9.67. The summed E-state index contributed by atoms with van der Waals surface area (Å²) in [5.41, 5.74) is 9.14. The summed E-state index contributed by atoms with van der Waals surface area (Å²) < 4.78 is 5.56. The lowest BCUT2D eigenvalue weighted by Crippen LogP contribution is -2.37. The van der Waals surface area contributed by atoms with Crippen molar-refractivity contribution >= 4 is 29.5 Å². The van der Waals surface area contributed by atoms with Gasteiger partial charge < -0.3 is 35.3 Å². The summed E-state index contributed by atoms with van der Waals surface area (Å²) in [6.07, 6.45) is 13.6. The van der Waals surface area contributed by atoms with Crippen LogP contribution in [0.2, 0.25) is 0 Å². The molecule has 2 aromatic heterocycles. The molecule has 4 N–H and O–H groups in total. The van der Waals surface area contributed by atoms with Crippen molar-refractivity contribution in [3.63, 3.8) is 0 Å². The van der Waals surface area contributed by atoms with E-state index in [0.717, 1.165) is 68.9 Å². The molecular formula is C47H47N3O6-2. The topological polar surface area (TPSA) is 148 Å². The predicted octanol–water partition coefficient (Wildman–Crippen LogP) is 8.12. The molecule has 2 aliphatic carbocycles. The van der Waals surface area contributed by atoms with Gasteiger partial charge in [0.15, 0.2) is 17.3 Å². The summed E-state index contributed by atoms with van der Waals surface area (Å²) in [6.45, 7) is -0.0712. The number of aryl methyl sites for hydroxylation is 2. The number of aromatic amines is 1. The number of carbonyl (C=O) groups is 2. The third kappa shape index (κ3) is 7.56. The number of hydrogen-bond acceptors (Lipinski definition) is 6. The van der Waals surface area contributed by atoms with E-state index >= 15 is 4.79 Å². The van der Waals surface area contributed by atoms with Gasteiger partial charge >= 0.3 is 0 Å². The van der Waals surface area contributed by atoms with Gasteiger partial charge in [-0.1, -0.05) is 96.0 Å². The van der Waals surface area contributed by atoms with Gasteiger partial charge in [-0.05, 0) is 96.9 Å². The number of phenols is 2. The largest absolute Gasteiger partial charge is 0.664 e. The van der Waals surface area contributed by atoms with E-state index in [4.69, 9.17) is 15.0 Å². The van der Waals surface area contributed by atoms with Crippen LogP contribution in [0.5, 0.6) is 17.2 Å². The number of benzene rings is 3. The number of aromatic hydroxyl groups is 2. The molecule has 0 radical (unpaired) electrons. The molecule has 9 heteroatoms. The summed E-state index contributed by atoms with van der Waals surface area (Å²) in [5.74, 6) is -0.932. The van der Waals surface area contributed by atoms with Gasteiger partial charge in [-0.3, -0.25) is 9.59 Å². The van der Waals surface area contributed by atoms with Crippen LogP contribution in [0.1, 0.15) is 81.8 Å². The molecule has 0 spiro atoms. The number of phenolic OH excluding ortho intramolecular Hbond substituents is 2. The molecule has 4 atom stereocenters. The number of fused-ring (bicyclic) bond motifs is 8. The van der Waals surface area contributed by atoms with Gasteiger partial charge in [0.05, 0.1) is 13.0 Å². The van der Waals surface area contributed by atoms with Gasteiger partial charge in [0, 0.05) is 36.5 Å². The molecule has 4 unspecified atom stereocenters. The van der Waals surface area contributed by atoms with Gasteiger partial charge in [-0.15, -0.1) is 5.69 Å². The minimum atomic E-state index is -1.02. The number of aromatic nitrogens is 2. The zero-order valence-electron chi connectivity index (χ0n) is 31.6. The number of hydrogen-bond donors (Lipinski definition) is 4. The Morgan fingerprint density at radius 3 is 2.54 bits per heavy atom. The van der Waals surface area contributed by atoms with E-state index in [-0.39, 0.29) is 60.9 Å². The first-order chi connectivity index (χ1) is 27.3. The highest BCUT2D eigenvalue weighted by Crippen LogP contribution is 2.46. The molecule has 0 saturated heterocycles. The van der Waals surface area contributed by atoms with Crippen LogP contribution in [-0.4, -0.2) is 52.1 Å². The monoisotopic (exact) mass is 749 g/mol. The van der Waals surface area contributed by atoms with Crippen LogP contribution in [0.4, 0.5) is 5.82 Å². The maximum atomic E-state index is 15.2. The summed E-state index contributed by atoms with van der Waals surface area (Å²) >= 11 is 0. The highest BCUT2D eigenvalue weighted by molar-refractivity contribution is 6.05. The molecule has 0 saturated carbocycles. The zero-order chi connectivity index (χ0) is 38.8. The average molecular weight is 750 g/mol. The molecule has 3 heterocycles. The lowest BCUT2D eigenvalue weighted by Gasteiger charge is -2.38. The number of ether oxygens (including phenoxy) is 1. The van der Waals surface area contributed by atoms with Crippen molar-refractivity contribution in [2.24, 2.45) is 17.8 Å². The van der Waals surface area contributed by atoms with Crippen LogP contribution in [-0.2, 0) is 35.3 Å². The van der Waals surface area contributed by atoms with Crippen LogP contribution in [0.15, 0.2) is 90.8 Å².